The molecular weight excluding hydrogens is 384 g/mol. The third kappa shape index (κ3) is 2.30. The van der Waals surface area contributed by atoms with Crippen LogP contribution in [-0.4, -0.2) is 25.7 Å². The number of phenolic OH excluding ortho intramolecular Hbond substituents is 1. The van der Waals surface area contributed by atoms with Crippen molar-refractivity contribution in [1.29, 1.82) is 0 Å². The number of aliphatic hydroxyl groups is 1. The van der Waals surface area contributed by atoms with Crippen LogP contribution in [0.3, 0.4) is 0 Å². The molecule has 7 nitrogen and oxygen atoms in total. The van der Waals surface area contributed by atoms with Gasteiger partial charge in [-0.1, -0.05) is 6.92 Å². The van der Waals surface area contributed by atoms with Gasteiger partial charge in [-0.25, -0.2) is 9.78 Å². The summed E-state index contributed by atoms with van der Waals surface area (Å²) in [4.78, 5) is 29.8. The first-order valence-electron chi connectivity index (χ1n) is 8.72. The van der Waals surface area contributed by atoms with Gasteiger partial charge in [0.15, 0.2) is 5.60 Å². The number of cyclic esters (lactones) is 1. The zero-order valence-corrected chi connectivity index (χ0v) is 15.7. The fraction of sp³-hybridized carbons (Fsp3) is 0.250. The van der Waals surface area contributed by atoms with Gasteiger partial charge in [0, 0.05) is 16.5 Å². The highest BCUT2D eigenvalue weighted by Gasteiger charge is 2.45. The number of rotatable bonds is 1. The monoisotopic (exact) mass is 400 g/mol. The number of phenols is 1. The van der Waals surface area contributed by atoms with E-state index in [1.165, 1.54) is 0 Å². The summed E-state index contributed by atoms with van der Waals surface area (Å²) in [6.45, 7) is 1.87. The molecule has 5 rings (SSSR count). The largest absolute Gasteiger partial charge is 0.508 e. The van der Waals surface area contributed by atoms with E-state index in [0.717, 1.165) is 10.9 Å². The summed E-state index contributed by atoms with van der Waals surface area (Å²) in [5, 5.41) is 21.3. The molecule has 0 saturated heterocycles. The first-order valence-corrected chi connectivity index (χ1v) is 8.72. The molecule has 2 aromatic heterocycles. The van der Waals surface area contributed by atoms with Crippen LogP contribution >= 0.6 is 12.4 Å². The fourth-order valence-corrected chi connectivity index (χ4v) is 3.97. The van der Waals surface area contributed by atoms with Crippen molar-refractivity contribution in [3.05, 3.63) is 57.4 Å². The molecule has 0 amide bonds. The second-order valence-corrected chi connectivity index (χ2v) is 6.98. The van der Waals surface area contributed by atoms with Crippen molar-refractivity contribution in [2.45, 2.75) is 32.1 Å². The lowest BCUT2D eigenvalue weighted by Gasteiger charge is -2.31. The predicted molar refractivity (Wildman–Crippen MR) is 103 cm³/mol. The molecule has 2 aliphatic heterocycles. The SMILES string of the molecule is CCC1(O)C(=O)OCc2c1cc1n(c2=O)Cc2cc3cc(O)ccc3nc2-1.Cl. The summed E-state index contributed by atoms with van der Waals surface area (Å²) < 4.78 is 6.65. The molecule has 0 spiro atoms. The van der Waals surface area contributed by atoms with Gasteiger partial charge in [-0.05, 0) is 36.8 Å². The Hall–Kier alpha value is -2.90. The molecule has 28 heavy (non-hydrogen) atoms. The topological polar surface area (TPSA) is 102 Å². The zero-order valence-electron chi connectivity index (χ0n) is 14.9. The number of carbonyl (C=O) groups is 1. The van der Waals surface area contributed by atoms with Crippen LogP contribution in [0.2, 0.25) is 0 Å². The quantitative estimate of drug-likeness (QED) is 0.475. The van der Waals surface area contributed by atoms with Gasteiger partial charge < -0.3 is 19.5 Å². The molecule has 1 aromatic carbocycles. The maximum atomic E-state index is 13.0. The van der Waals surface area contributed by atoms with Crippen LogP contribution < -0.4 is 5.56 Å². The molecule has 144 valence electrons. The first-order chi connectivity index (χ1) is 12.9. The molecule has 3 aromatic rings. The maximum absolute atomic E-state index is 13.0. The van der Waals surface area contributed by atoms with E-state index in [1.807, 2.05) is 6.07 Å². The Kier molecular flexibility index (Phi) is 3.99. The van der Waals surface area contributed by atoms with Crippen molar-refractivity contribution >= 4 is 29.3 Å². The van der Waals surface area contributed by atoms with Crippen LogP contribution in [0.4, 0.5) is 0 Å². The zero-order chi connectivity index (χ0) is 18.9. The first kappa shape index (κ1) is 18.5. The Bertz CT molecular complexity index is 1220. The predicted octanol–water partition coefficient (Wildman–Crippen LogP) is 2.21. The average Bonchev–Trinajstić information content (AvgIpc) is 3.01. The van der Waals surface area contributed by atoms with Gasteiger partial charge in [0.25, 0.3) is 5.56 Å². The third-order valence-corrected chi connectivity index (χ3v) is 5.49. The number of carbonyl (C=O) groups excluding carboxylic acids is 1. The van der Waals surface area contributed by atoms with Crippen molar-refractivity contribution in [3.8, 4) is 17.1 Å². The lowest BCUT2D eigenvalue weighted by molar-refractivity contribution is -0.172. The molecular formula is C20H17ClN2O5. The van der Waals surface area contributed by atoms with E-state index in [4.69, 9.17) is 4.74 Å². The Labute approximate surface area is 165 Å². The fourth-order valence-electron chi connectivity index (χ4n) is 3.97. The minimum atomic E-state index is -1.83. The molecule has 1 atom stereocenters. The number of aromatic nitrogens is 2. The molecule has 0 saturated carbocycles. The summed E-state index contributed by atoms with van der Waals surface area (Å²) >= 11 is 0. The van der Waals surface area contributed by atoms with E-state index in [2.05, 4.69) is 4.98 Å². The third-order valence-electron chi connectivity index (χ3n) is 5.49. The van der Waals surface area contributed by atoms with Crippen LogP contribution in [0.1, 0.15) is 30.0 Å². The van der Waals surface area contributed by atoms with Crippen molar-refractivity contribution in [1.82, 2.24) is 9.55 Å². The van der Waals surface area contributed by atoms with Crippen molar-refractivity contribution < 1.29 is 19.7 Å². The average molecular weight is 401 g/mol. The second kappa shape index (κ2) is 6.05. The standard InChI is InChI=1S/C20H16N2O5.ClH/c1-2-20(26)14-7-16-17-11(5-10-6-12(23)3-4-15(10)21-17)8-22(16)18(24)13(14)9-27-19(20)25;/h3-7,23,26H,2,8-9H2,1H3;1H. The molecule has 0 bridgehead atoms. The van der Waals surface area contributed by atoms with E-state index in [9.17, 15) is 19.8 Å². The number of fused-ring (bicyclic) bond motifs is 5. The molecule has 0 fully saturated rings. The number of nitrogens with zero attached hydrogens (tertiary/aromatic N) is 2. The molecule has 0 radical (unpaired) electrons. The van der Waals surface area contributed by atoms with Gasteiger partial charge in [-0.3, -0.25) is 4.79 Å². The Morgan fingerprint density at radius 1 is 1.25 bits per heavy atom. The van der Waals surface area contributed by atoms with Gasteiger partial charge in [-0.15, -0.1) is 12.4 Å². The van der Waals surface area contributed by atoms with Crippen LogP contribution in [0.15, 0.2) is 35.1 Å². The summed E-state index contributed by atoms with van der Waals surface area (Å²) in [5.74, 6) is -0.585. The smallest absolute Gasteiger partial charge is 0.343 e. The molecule has 0 aliphatic carbocycles. The van der Waals surface area contributed by atoms with E-state index < -0.39 is 11.6 Å². The lowest BCUT2D eigenvalue weighted by Crippen LogP contribution is -2.44. The number of pyridine rings is 2. The minimum Gasteiger partial charge on any atom is -0.508 e. The minimum absolute atomic E-state index is 0. The van der Waals surface area contributed by atoms with Crippen molar-refractivity contribution in [2.24, 2.45) is 0 Å². The number of halogens is 1. The van der Waals surface area contributed by atoms with E-state index in [1.54, 1.807) is 35.8 Å². The van der Waals surface area contributed by atoms with Crippen LogP contribution in [0.5, 0.6) is 5.75 Å². The Morgan fingerprint density at radius 2 is 2.04 bits per heavy atom. The van der Waals surface area contributed by atoms with Crippen LogP contribution in [-0.2, 0) is 28.3 Å². The highest BCUT2D eigenvalue weighted by Crippen LogP contribution is 2.38. The summed E-state index contributed by atoms with van der Waals surface area (Å²) in [6, 6.07) is 8.48. The van der Waals surface area contributed by atoms with E-state index >= 15 is 0 Å². The van der Waals surface area contributed by atoms with Gasteiger partial charge in [0.05, 0.1) is 29.0 Å². The molecule has 8 heteroatoms. The molecule has 2 aliphatic rings. The van der Waals surface area contributed by atoms with Crippen molar-refractivity contribution in [2.75, 3.05) is 0 Å². The normalized spacial score (nSPS) is 19.4. The Balaban J connectivity index is 0.00000192. The summed E-state index contributed by atoms with van der Waals surface area (Å²) in [5.41, 5.74) is 1.25. The van der Waals surface area contributed by atoms with Crippen LogP contribution in [0, 0.1) is 0 Å². The van der Waals surface area contributed by atoms with Gasteiger partial charge in [0.2, 0.25) is 0 Å². The van der Waals surface area contributed by atoms with Gasteiger partial charge in [0.1, 0.15) is 12.4 Å². The summed E-state index contributed by atoms with van der Waals surface area (Å²) in [7, 11) is 0. The molecule has 4 heterocycles. The number of esters is 1. The number of aromatic hydroxyl groups is 1. The summed E-state index contributed by atoms with van der Waals surface area (Å²) in [6.07, 6.45) is 0.110. The number of ether oxygens (including phenoxy) is 1. The van der Waals surface area contributed by atoms with Gasteiger partial charge in [-0.2, -0.15) is 0 Å². The van der Waals surface area contributed by atoms with E-state index in [-0.39, 0.29) is 36.7 Å². The second-order valence-electron chi connectivity index (χ2n) is 6.98. The number of hydrogen-bond acceptors (Lipinski definition) is 6. The maximum Gasteiger partial charge on any atom is 0.343 e. The van der Waals surface area contributed by atoms with E-state index in [0.29, 0.717) is 34.6 Å². The lowest BCUT2D eigenvalue weighted by atomic mass is 9.86. The highest BCUT2D eigenvalue weighted by molar-refractivity contribution is 5.87. The van der Waals surface area contributed by atoms with Gasteiger partial charge >= 0.3 is 5.97 Å². The Morgan fingerprint density at radius 3 is 2.79 bits per heavy atom. The van der Waals surface area contributed by atoms with Crippen molar-refractivity contribution in [3.63, 3.8) is 0 Å². The number of hydrogen-bond donors (Lipinski definition) is 2. The van der Waals surface area contributed by atoms with Crippen LogP contribution in [0.25, 0.3) is 22.3 Å². The number of benzene rings is 1. The molecule has 1 unspecified atom stereocenters. The molecule has 2 N–H and O–H groups in total. The highest BCUT2D eigenvalue weighted by atomic mass is 35.5.